The van der Waals surface area contributed by atoms with E-state index < -0.39 is 0 Å². The Hall–Kier alpha value is -0.410. The van der Waals surface area contributed by atoms with Crippen molar-refractivity contribution in [2.24, 2.45) is 23.7 Å². The number of carbonyl (C=O) groups excluding carboxylic acids is 1. The first-order valence-corrected chi connectivity index (χ1v) is 12.5. The van der Waals surface area contributed by atoms with Gasteiger partial charge in [-0.3, -0.25) is 4.79 Å². The Morgan fingerprint density at radius 3 is 2.43 bits per heavy atom. The van der Waals surface area contributed by atoms with E-state index in [-0.39, 0.29) is 0 Å². The van der Waals surface area contributed by atoms with Gasteiger partial charge in [0.2, 0.25) is 0 Å². The maximum absolute atomic E-state index is 12.2. The van der Waals surface area contributed by atoms with Gasteiger partial charge in [-0.15, -0.1) is 0 Å². The lowest BCUT2D eigenvalue weighted by molar-refractivity contribution is -0.127. The molecule has 4 aliphatic rings. The first-order valence-electron chi connectivity index (χ1n) is 12.5. The number of Topliss-reactive ketones (excluding diaryl/α,β-unsaturated/α-hetero) is 1. The van der Waals surface area contributed by atoms with E-state index in [1.807, 2.05) is 0 Å². The molecular formula is C25H43NO2. The molecule has 0 amide bonds. The van der Waals surface area contributed by atoms with Crippen molar-refractivity contribution in [3.05, 3.63) is 0 Å². The number of rotatable bonds is 3. The van der Waals surface area contributed by atoms with Crippen LogP contribution in [0.1, 0.15) is 96.8 Å². The van der Waals surface area contributed by atoms with Gasteiger partial charge in [0, 0.05) is 12.5 Å². The van der Waals surface area contributed by atoms with Crippen molar-refractivity contribution in [2.45, 2.75) is 109 Å². The van der Waals surface area contributed by atoms with E-state index >= 15 is 0 Å². The molecule has 2 saturated carbocycles. The number of likely N-dealkylation sites (tertiary alicyclic amines) is 1. The molecule has 1 unspecified atom stereocenters. The first kappa shape index (κ1) is 20.8. The fourth-order valence-electron chi connectivity index (χ4n) is 6.69. The lowest BCUT2D eigenvalue weighted by Crippen LogP contribution is -2.43. The molecule has 28 heavy (non-hydrogen) atoms. The van der Waals surface area contributed by atoms with Gasteiger partial charge in [0.25, 0.3) is 0 Å². The number of fused-ring (bicyclic) bond motifs is 1. The van der Waals surface area contributed by atoms with E-state index in [4.69, 9.17) is 4.74 Å². The molecule has 0 aromatic heterocycles. The van der Waals surface area contributed by atoms with Crippen molar-refractivity contribution in [3.8, 4) is 0 Å². The molecule has 160 valence electrons. The summed E-state index contributed by atoms with van der Waals surface area (Å²) in [6.45, 7) is 5.45. The van der Waals surface area contributed by atoms with Crippen LogP contribution >= 0.6 is 0 Å². The van der Waals surface area contributed by atoms with Gasteiger partial charge in [-0.1, -0.05) is 19.8 Å². The van der Waals surface area contributed by atoms with Crippen LogP contribution in [0.15, 0.2) is 0 Å². The van der Waals surface area contributed by atoms with Crippen molar-refractivity contribution in [1.82, 2.24) is 4.90 Å². The van der Waals surface area contributed by atoms with Gasteiger partial charge in [0.15, 0.2) is 5.78 Å². The molecule has 0 bridgehead atoms. The minimum absolute atomic E-state index is 0.345. The number of hydrogen-bond acceptors (Lipinski definition) is 3. The Morgan fingerprint density at radius 1 is 0.893 bits per heavy atom. The Balaban J connectivity index is 1.27. The third kappa shape index (κ3) is 5.59. The van der Waals surface area contributed by atoms with Crippen LogP contribution in [-0.2, 0) is 9.53 Å². The van der Waals surface area contributed by atoms with E-state index in [9.17, 15) is 4.79 Å². The smallest absolute Gasteiger partial charge is 0.158 e. The molecule has 2 aliphatic carbocycles. The summed E-state index contributed by atoms with van der Waals surface area (Å²) in [4.78, 5) is 15.0. The Labute approximate surface area is 173 Å². The van der Waals surface area contributed by atoms with Crippen LogP contribution in [0.4, 0.5) is 0 Å². The first-order chi connectivity index (χ1) is 13.7. The maximum Gasteiger partial charge on any atom is 0.158 e. The molecule has 2 aliphatic heterocycles. The monoisotopic (exact) mass is 389 g/mol. The zero-order chi connectivity index (χ0) is 19.3. The molecule has 2 heterocycles. The maximum atomic E-state index is 12.2. The highest BCUT2D eigenvalue weighted by Gasteiger charge is 2.33. The Kier molecular flexibility index (Phi) is 7.49. The molecule has 2 saturated heterocycles. The second-order valence-corrected chi connectivity index (χ2v) is 10.7. The Bertz CT molecular complexity index is 491. The van der Waals surface area contributed by atoms with Crippen LogP contribution in [0.25, 0.3) is 0 Å². The van der Waals surface area contributed by atoms with Crippen molar-refractivity contribution in [2.75, 3.05) is 19.7 Å². The molecule has 0 spiro atoms. The molecule has 0 N–H and O–H groups in total. The van der Waals surface area contributed by atoms with Crippen molar-refractivity contribution in [1.29, 1.82) is 0 Å². The van der Waals surface area contributed by atoms with Crippen molar-refractivity contribution in [3.63, 3.8) is 0 Å². The van der Waals surface area contributed by atoms with Gasteiger partial charge in [-0.05, 0) is 107 Å². The minimum Gasteiger partial charge on any atom is -0.370 e. The third-order valence-electron chi connectivity index (χ3n) is 8.58. The van der Waals surface area contributed by atoms with Gasteiger partial charge < -0.3 is 9.64 Å². The molecule has 0 aromatic rings. The fourth-order valence-corrected chi connectivity index (χ4v) is 6.69. The third-order valence-corrected chi connectivity index (χ3v) is 8.58. The standard InChI is InChI=1S/C25H43NO2/c1-19-6-9-23(10-7-19)26-14-12-20(13-15-26)16-21-8-11-24(27)18-28-25-5-3-2-4-22(25)17-21/h19-23,25H,2-18H2,1H3/t19?,21?,22-,23?,25+/m1/s1. The van der Waals surface area contributed by atoms with Crippen LogP contribution < -0.4 is 0 Å². The molecule has 0 radical (unpaired) electrons. The summed E-state index contributed by atoms with van der Waals surface area (Å²) in [7, 11) is 0. The highest BCUT2D eigenvalue weighted by atomic mass is 16.5. The van der Waals surface area contributed by atoms with Gasteiger partial charge in [0.1, 0.15) is 6.61 Å². The van der Waals surface area contributed by atoms with Gasteiger partial charge >= 0.3 is 0 Å². The summed E-state index contributed by atoms with van der Waals surface area (Å²) in [5.41, 5.74) is 0. The van der Waals surface area contributed by atoms with Crippen molar-refractivity contribution < 1.29 is 9.53 Å². The fraction of sp³-hybridized carbons (Fsp3) is 0.960. The van der Waals surface area contributed by atoms with E-state index in [2.05, 4.69) is 11.8 Å². The number of ether oxygens (including phenoxy) is 1. The average molecular weight is 390 g/mol. The number of hydrogen-bond donors (Lipinski definition) is 0. The van der Waals surface area contributed by atoms with Crippen LogP contribution in [0.5, 0.6) is 0 Å². The van der Waals surface area contributed by atoms with E-state index in [0.29, 0.717) is 24.4 Å². The summed E-state index contributed by atoms with van der Waals surface area (Å²) in [5, 5.41) is 0. The van der Waals surface area contributed by atoms with Gasteiger partial charge in [0.05, 0.1) is 6.10 Å². The molecule has 4 fully saturated rings. The van der Waals surface area contributed by atoms with Gasteiger partial charge in [-0.25, -0.2) is 0 Å². The molecule has 0 aromatic carbocycles. The van der Waals surface area contributed by atoms with E-state index in [0.717, 1.165) is 36.6 Å². The second kappa shape index (κ2) is 10.1. The number of ketones is 1. The van der Waals surface area contributed by atoms with Crippen LogP contribution in [0.2, 0.25) is 0 Å². The largest absolute Gasteiger partial charge is 0.370 e. The van der Waals surface area contributed by atoms with Crippen LogP contribution in [-0.4, -0.2) is 42.5 Å². The molecule has 3 atom stereocenters. The van der Waals surface area contributed by atoms with E-state index in [1.54, 1.807) is 0 Å². The predicted molar refractivity (Wildman–Crippen MR) is 114 cm³/mol. The molecule has 3 nitrogen and oxygen atoms in total. The van der Waals surface area contributed by atoms with Crippen LogP contribution in [0, 0.1) is 23.7 Å². The second-order valence-electron chi connectivity index (χ2n) is 10.7. The minimum atomic E-state index is 0.345. The molecule has 4 rings (SSSR count). The number of piperidine rings is 1. The summed E-state index contributed by atoms with van der Waals surface area (Å²) in [6, 6.07) is 0.875. The predicted octanol–water partition coefficient (Wildman–Crippen LogP) is 5.61. The van der Waals surface area contributed by atoms with Crippen molar-refractivity contribution >= 4 is 5.78 Å². The average Bonchev–Trinajstić information content (AvgIpc) is 2.79. The van der Waals surface area contributed by atoms with Crippen LogP contribution in [0.3, 0.4) is 0 Å². The number of nitrogens with zero attached hydrogens (tertiary/aromatic N) is 1. The topological polar surface area (TPSA) is 29.5 Å². The normalized spacial score (nSPS) is 39.6. The zero-order valence-corrected chi connectivity index (χ0v) is 18.2. The van der Waals surface area contributed by atoms with E-state index in [1.165, 1.54) is 90.1 Å². The zero-order valence-electron chi connectivity index (χ0n) is 18.2. The molecular weight excluding hydrogens is 346 g/mol. The summed E-state index contributed by atoms with van der Waals surface area (Å²) >= 11 is 0. The Morgan fingerprint density at radius 2 is 1.64 bits per heavy atom. The quantitative estimate of drug-likeness (QED) is 0.628. The summed E-state index contributed by atoms with van der Waals surface area (Å²) < 4.78 is 6.05. The summed E-state index contributed by atoms with van der Waals surface area (Å²) in [6.07, 6.45) is 18.6. The summed E-state index contributed by atoms with van der Waals surface area (Å²) in [5.74, 6) is 3.66. The number of carbonyl (C=O) groups is 1. The highest BCUT2D eigenvalue weighted by molar-refractivity contribution is 5.79. The van der Waals surface area contributed by atoms with Gasteiger partial charge in [-0.2, -0.15) is 0 Å². The SMILES string of the molecule is CC1CCC(N2CCC(CC3CCC(=O)CO[C@H]4CCCC[C@@H]4C3)CC2)CC1. The highest BCUT2D eigenvalue weighted by Crippen LogP contribution is 2.38. The lowest BCUT2D eigenvalue weighted by Gasteiger charge is -2.41. The molecule has 3 heteroatoms. The lowest BCUT2D eigenvalue weighted by atomic mass is 9.75.